The van der Waals surface area contributed by atoms with Crippen LogP contribution in [0.15, 0.2) is 54.6 Å². The Morgan fingerprint density at radius 2 is 1.74 bits per heavy atom. The first kappa shape index (κ1) is 13.9. The number of halogens is 1. The molecule has 0 unspecified atom stereocenters. The van der Waals surface area contributed by atoms with E-state index in [-0.39, 0.29) is 0 Å². The second-order valence-electron chi connectivity index (χ2n) is 3.96. The number of hydrogen-bond acceptors (Lipinski definition) is 3. The van der Waals surface area contributed by atoms with E-state index < -0.39 is 15.5 Å². The summed E-state index contributed by atoms with van der Waals surface area (Å²) in [5.41, 5.74) is 0.962. The number of hydrogen-bond donors (Lipinski definition) is 2. The van der Waals surface area contributed by atoms with Crippen LogP contribution in [0.25, 0.3) is 0 Å². The van der Waals surface area contributed by atoms with E-state index in [4.69, 9.17) is 11.6 Å². The van der Waals surface area contributed by atoms with Gasteiger partial charge in [0.15, 0.2) is 5.37 Å². The van der Waals surface area contributed by atoms with Gasteiger partial charge in [-0.1, -0.05) is 48.0 Å². The average molecular weight is 298 g/mol. The summed E-state index contributed by atoms with van der Waals surface area (Å²) in [5.74, 6) is 0. The van der Waals surface area contributed by atoms with Crippen molar-refractivity contribution in [2.45, 2.75) is 5.37 Å². The van der Waals surface area contributed by atoms with Crippen molar-refractivity contribution in [3.05, 3.63) is 65.2 Å². The van der Waals surface area contributed by atoms with E-state index in [1.807, 2.05) is 0 Å². The molecule has 0 fully saturated rings. The van der Waals surface area contributed by atoms with Gasteiger partial charge in [-0.05, 0) is 23.8 Å². The van der Waals surface area contributed by atoms with Crippen LogP contribution in [0.4, 0.5) is 5.69 Å². The van der Waals surface area contributed by atoms with E-state index in [1.165, 1.54) is 0 Å². The van der Waals surface area contributed by atoms with Crippen LogP contribution in [0.2, 0.25) is 5.02 Å². The first-order valence-corrected chi connectivity index (χ1v) is 7.38. The third-order valence-electron chi connectivity index (χ3n) is 2.52. The second-order valence-corrected chi connectivity index (χ2v) is 5.90. The first-order valence-electron chi connectivity index (χ1n) is 5.50. The van der Waals surface area contributed by atoms with Gasteiger partial charge in [0.05, 0.1) is 0 Å². The van der Waals surface area contributed by atoms with Gasteiger partial charge in [0.25, 0.3) is 10.1 Å². The Morgan fingerprint density at radius 1 is 1.05 bits per heavy atom. The van der Waals surface area contributed by atoms with Crippen molar-refractivity contribution in [1.82, 2.24) is 0 Å². The second kappa shape index (κ2) is 5.61. The lowest BCUT2D eigenvalue weighted by Gasteiger charge is -2.17. The number of rotatable bonds is 4. The molecule has 0 radical (unpaired) electrons. The van der Waals surface area contributed by atoms with Crippen LogP contribution in [-0.4, -0.2) is 13.0 Å². The molecule has 2 rings (SSSR count). The Morgan fingerprint density at radius 3 is 2.32 bits per heavy atom. The van der Waals surface area contributed by atoms with E-state index in [9.17, 15) is 13.0 Å². The van der Waals surface area contributed by atoms with E-state index >= 15 is 0 Å². The summed E-state index contributed by atoms with van der Waals surface area (Å²) in [6, 6.07) is 15.0. The maximum Gasteiger partial charge on any atom is 0.290 e. The molecule has 4 nitrogen and oxygen atoms in total. The van der Waals surface area contributed by atoms with Gasteiger partial charge in [-0.3, -0.25) is 4.55 Å². The molecule has 0 heterocycles. The Bertz CT molecular complexity index is 659. The molecule has 0 aliphatic rings. The predicted octanol–water partition coefficient (Wildman–Crippen LogP) is 3.34. The fraction of sp³-hybridized carbons (Fsp3) is 0.0769. The highest BCUT2D eigenvalue weighted by Crippen LogP contribution is 2.25. The topological polar surface area (TPSA) is 66.4 Å². The van der Waals surface area contributed by atoms with E-state index in [0.29, 0.717) is 16.3 Å². The Labute approximate surface area is 116 Å². The number of benzene rings is 2. The van der Waals surface area contributed by atoms with Crippen molar-refractivity contribution < 1.29 is 13.0 Å². The molecule has 6 heteroatoms. The fourth-order valence-corrected chi connectivity index (χ4v) is 2.66. The van der Waals surface area contributed by atoms with Crippen molar-refractivity contribution in [3.63, 3.8) is 0 Å². The van der Waals surface area contributed by atoms with E-state index in [1.54, 1.807) is 54.6 Å². The number of anilines is 1. The monoisotopic (exact) mass is 297 g/mol. The molecule has 0 amide bonds. The van der Waals surface area contributed by atoms with E-state index in [0.717, 1.165) is 0 Å². The van der Waals surface area contributed by atoms with Gasteiger partial charge in [0.2, 0.25) is 0 Å². The lowest BCUT2D eigenvalue weighted by atomic mass is 10.2. The van der Waals surface area contributed by atoms with Crippen LogP contribution in [0.1, 0.15) is 10.9 Å². The maximum atomic E-state index is 11.5. The largest absolute Gasteiger partial charge is 0.363 e. The molecular weight excluding hydrogens is 286 g/mol. The van der Waals surface area contributed by atoms with Crippen LogP contribution in [-0.2, 0) is 10.1 Å². The quantitative estimate of drug-likeness (QED) is 0.850. The lowest BCUT2D eigenvalue weighted by Crippen LogP contribution is -2.20. The Hall–Kier alpha value is -1.56. The van der Waals surface area contributed by atoms with E-state index in [2.05, 4.69) is 5.32 Å². The van der Waals surface area contributed by atoms with Crippen LogP contribution in [0.5, 0.6) is 0 Å². The normalized spacial score (nSPS) is 12.9. The standard InChI is InChI=1S/C13H12ClNO3S/c14-11-7-4-8-12(9-11)15-13(19(16,17)18)10-5-2-1-3-6-10/h1-9,13,15H,(H,16,17,18)/t13-/m0/s1. The summed E-state index contributed by atoms with van der Waals surface area (Å²) in [6.07, 6.45) is 0. The summed E-state index contributed by atoms with van der Waals surface area (Å²) in [6.45, 7) is 0. The van der Waals surface area contributed by atoms with Crippen molar-refractivity contribution in [3.8, 4) is 0 Å². The van der Waals surface area contributed by atoms with Crippen LogP contribution in [0, 0.1) is 0 Å². The molecule has 19 heavy (non-hydrogen) atoms. The lowest BCUT2D eigenvalue weighted by molar-refractivity contribution is 0.473. The minimum atomic E-state index is -4.28. The summed E-state index contributed by atoms with van der Waals surface area (Å²) >= 11 is 5.84. The molecule has 0 bridgehead atoms. The summed E-state index contributed by atoms with van der Waals surface area (Å²) in [4.78, 5) is 0. The zero-order valence-electron chi connectivity index (χ0n) is 9.82. The van der Waals surface area contributed by atoms with Crippen LogP contribution >= 0.6 is 11.6 Å². The highest BCUT2D eigenvalue weighted by atomic mass is 35.5. The summed E-state index contributed by atoms with van der Waals surface area (Å²) in [7, 11) is -4.28. The Balaban J connectivity index is 2.36. The molecule has 0 saturated heterocycles. The molecule has 2 aromatic rings. The summed E-state index contributed by atoms with van der Waals surface area (Å²) in [5, 5.41) is 2.00. The molecule has 2 aromatic carbocycles. The van der Waals surface area contributed by atoms with Crippen molar-refractivity contribution in [2.75, 3.05) is 5.32 Å². The van der Waals surface area contributed by atoms with Gasteiger partial charge >= 0.3 is 0 Å². The molecule has 2 N–H and O–H groups in total. The van der Waals surface area contributed by atoms with Gasteiger partial charge in [0.1, 0.15) is 0 Å². The van der Waals surface area contributed by atoms with Crippen molar-refractivity contribution in [1.29, 1.82) is 0 Å². The van der Waals surface area contributed by atoms with Gasteiger partial charge in [-0.2, -0.15) is 8.42 Å². The zero-order chi connectivity index (χ0) is 13.9. The average Bonchev–Trinajstić information content (AvgIpc) is 2.36. The third kappa shape index (κ3) is 3.70. The molecular formula is C13H12ClNO3S. The minimum absolute atomic E-state index is 0.449. The predicted molar refractivity (Wildman–Crippen MR) is 75.8 cm³/mol. The third-order valence-corrected chi connectivity index (χ3v) is 3.74. The fourth-order valence-electron chi connectivity index (χ4n) is 1.69. The highest BCUT2D eigenvalue weighted by Gasteiger charge is 2.24. The van der Waals surface area contributed by atoms with Gasteiger partial charge in [-0.25, -0.2) is 0 Å². The highest BCUT2D eigenvalue weighted by molar-refractivity contribution is 7.86. The maximum absolute atomic E-state index is 11.5. The van der Waals surface area contributed by atoms with Gasteiger partial charge in [0, 0.05) is 10.7 Å². The molecule has 0 aliphatic carbocycles. The molecule has 0 aliphatic heterocycles. The first-order chi connectivity index (χ1) is 8.97. The smallest absolute Gasteiger partial charge is 0.290 e. The molecule has 100 valence electrons. The minimum Gasteiger partial charge on any atom is -0.363 e. The Kier molecular flexibility index (Phi) is 4.09. The van der Waals surface area contributed by atoms with Crippen LogP contribution < -0.4 is 5.32 Å². The zero-order valence-corrected chi connectivity index (χ0v) is 11.4. The molecule has 0 spiro atoms. The molecule has 1 atom stereocenters. The number of nitrogens with one attached hydrogen (secondary N) is 1. The molecule has 0 aromatic heterocycles. The van der Waals surface area contributed by atoms with Gasteiger partial charge < -0.3 is 5.32 Å². The summed E-state index contributed by atoms with van der Waals surface area (Å²) < 4.78 is 32.3. The van der Waals surface area contributed by atoms with Gasteiger partial charge in [-0.15, -0.1) is 0 Å². The van der Waals surface area contributed by atoms with Crippen molar-refractivity contribution >= 4 is 27.4 Å². The molecule has 0 saturated carbocycles. The van der Waals surface area contributed by atoms with Crippen LogP contribution in [0.3, 0.4) is 0 Å². The van der Waals surface area contributed by atoms with Crippen molar-refractivity contribution in [2.24, 2.45) is 0 Å². The SMILES string of the molecule is O=S(=O)(O)[C@H](Nc1cccc(Cl)c1)c1ccccc1.